The summed E-state index contributed by atoms with van der Waals surface area (Å²) in [6, 6.07) is 0. The summed E-state index contributed by atoms with van der Waals surface area (Å²) in [7, 11) is 0. The molecule has 1 aliphatic rings. The summed E-state index contributed by atoms with van der Waals surface area (Å²) < 4.78 is 5.19. The summed E-state index contributed by atoms with van der Waals surface area (Å²) in [6.45, 7) is 7.97. The summed E-state index contributed by atoms with van der Waals surface area (Å²) in [5, 5.41) is 3.97. The molecule has 0 radical (unpaired) electrons. The molecule has 0 saturated carbocycles. The topological polar surface area (TPSA) is 75.0 Å². The van der Waals surface area contributed by atoms with Crippen LogP contribution in [0.5, 0.6) is 0 Å². The van der Waals surface area contributed by atoms with Gasteiger partial charge in [-0.2, -0.15) is 0 Å². The number of nitrogens with zero attached hydrogens (tertiary/aromatic N) is 3. The first kappa shape index (κ1) is 13.1. The van der Waals surface area contributed by atoms with Crippen molar-refractivity contribution in [3.05, 3.63) is 44.5 Å². The van der Waals surface area contributed by atoms with Gasteiger partial charge >= 0.3 is 0 Å². The smallest absolute Gasteiger partial charge is 0.255 e. The van der Waals surface area contributed by atoms with E-state index in [2.05, 4.69) is 20.0 Å². The Labute approximate surface area is 116 Å². The highest BCUT2D eigenvalue weighted by Crippen LogP contribution is 2.19. The average Bonchev–Trinajstić information content (AvgIpc) is 2.71. The molecule has 0 saturated heterocycles. The maximum atomic E-state index is 12.0. The van der Waals surface area contributed by atoms with Crippen LogP contribution in [0, 0.1) is 20.8 Å². The second kappa shape index (κ2) is 4.86. The van der Waals surface area contributed by atoms with Gasteiger partial charge in [0, 0.05) is 31.6 Å². The molecule has 0 spiro atoms. The van der Waals surface area contributed by atoms with Crippen LogP contribution in [0.25, 0.3) is 0 Å². The Kier molecular flexibility index (Phi) is 3.17. The lowest BCUT2D eigenvalue weighted by molar-refractivity contribution is 0.239. The number of hydrogen-bond acceptors (Lipinski definition) is 5. The molecule has 2 aromatic heterocycles. The number of aryl methyl sites for hydroxylation is 3. The molecular formula is C14H18N4O2. The molecule has 6 heteroatoms. The zero-order valence-electron chi connectivity index (χ0n) is 12.0. The molecule has 6 nitrogen and oxygen atoms in total. The quantitative estimate of drug-likeness (QED) is 0.891. The standard InChI is InChI=1S/C14H18N4O2/c1-8-11(9(2)20-17-8)6-18-5-4-13-12(7-18)14(19)16-10(3)15-13/h4-7H2,1-3H3,(H,15,16,19). The number of H-pyrrole nitrogens is 1. The van der Waals surface area contributed by atoms with Crippen LogP contribution in [0.3, 0.4) is 0 Å². The molecule has 0 bridgehead atoms. The zero-order chi connectivity index (χ0) is 14.3. The minimum Gasteiger partial charge on any atom is -0.361 e. The summed E-state index contributed by atoms with van der Waals surface area (Å²) >= 11 is 0. The van der Waals surface area contributed by atoms with Crippen molar-refractivity contribution < 1.29 is 4.52 Å². The molecule has 3 rings (SSSR count). The molecule has 0 amide bonds. The van der Waals surface area contributed by atoms with Crippen LogP contribution in [0.4, 0.5) is 0 Å². The van der Waals surface area contributed by atoms with E-state index in [0.717, 1.165) is 47.8 Å². The SMILES string of the molecule is Cc1nc2c(c(=O)[nH]1)CN(Cc1c(C)noc1C)CC2. The molecule has 1 N–H and O–H groups in total. The number of aromatic nitrogens is 3. The molecule has 106 valence electrons. The van der Waals surface area contributed by atoms with E-state index in [1.54, 1.807) is 0 Å². The van der Waals surface area contributed by atoms with Crippen LogP contribution in [0.15, 0.2) is 9.32 Å². The first-order valence-electron chi connectivity index (χ1n) is 6.77. The van der Waals surface area contributed by atoms with Gasteiger partial charge in [0.25, 0.3) is 5.56 Å². The van der Waals surface area contributed by atoms with E-state index >= 15 is 0 Å². The predicted octanol–water partition coefficient (Wildman–Crippen LogP) is 1.24. The van der Waals surface area contributed by atoms with Crippen LogP contribution in [0.1, 0.15) is 34.1 Å². The second-order valence-corrected chi connectivity index (χ2v) is 5.34. The molecule has 0 atom stereocenters. The highest BCUT2D eigenvalue weighted by molar-refractivity contribution is 5.23. The first-order chi connectivity index (χ1) is 9.54. The van der Waals surface area contributed by atoms with Crippen molar-refractivity contribution in [3.8, 4) is 0 Å². The third kappa shape index (κ3) is 2.27. The van der Waals surface area contributed by atoms with Gasteiger partial charge in [-0.15, -0.1) is 0 Å². The Morgan fingerprint density at radius 1 is 1.35 bits per heavy atom. The van der Waals surface area contributed by atoms with Crippen molar-refractivity contribution in [2.45, 2.75) is 40.3 Å². The second-order valence-electron chi connectivity index (χ2n) is 5.34. The van der Waals surface area contributed by atoms with E-state index < -0.39 is 0 Å². The van der Waals surface area contributed by atoms with Gasteiger partial charge in [-0.25, -0.2) is 4.98 Å². The highest BCUT2D eigenvalue weighted by Gasteiger charge is 2.22. The van der Waals surface area contributed by atoms with Crippen LogP contribution in [-0.2, 0) is 19.5 Å². The van der Waals surface area contributed by atoms with Gasteiger partial charge in [-0.1, -0.05) is 5.16 Å². The number of fused-ring (bicyclic) bond motifs is 1. The fourth-order valence-electron chi connectivity index (χ4n) is 2.69. The van der Waals surface area contributed by atoms with E-state index in [1.165, 1.54) is 0 Å². The number of rotatable bonds is 2. The van der Waals surface area contributed by atoms with E-state index in [1.807, 2.05) is 20.8 Å². The summed E-state index contributed by atoms with van der Waals surface area (Å²) in [5.74, 6) is 1.54. The maximum absolute atomic E-state index is 12.0. The fraction of sp³-hybridized carbons (Fsp3) is 0.500. The monoisotopic (exact) mass is 274 g/mol. The molecule has 0 aliphatic carbocycles. The minimum atomic E-state index is -0.0176. The number of hydrogen-bond donors (Lipinski definition) is 1. The van der Waals surface area contributed by atoms with Crippen molar-refractivity contribution in [1.29, 1.82) is 0 Å². The van der Waals surface area contributed by atoms with E-state index in [4.69, 9.17) is 4.52 Å². The molecule has 0 aromatic carbocycles. The largest absolute Gasteiger partial charge is 0.361 e. The van der Waals surface area contributed by atoms with Crippen LogP contribution < -0.4 is 5.56 Å². The lowest BCUT2D eigenvalue weighted by atomic mass is 10.1. The molecule has 0 fully saturated rings. The molecule has 20 heavy (non-hydrogen) atoms. The van der Waals surface area contributed by atoms with Gasteiger partial charge in [0.2, 0.25) is 0 Å². The Morgan fingerprint density at radius 2 is 2.15 bits per heavy atom. The Morgan fingerprint density at radius 3 is 2.85 bits per heavy atom. The van der Waals surface area contributed by atoms with Gasteiger partial charge in [0.15, 0.2) is 0 Å². The van der Waals surface area contributed by atoms with Gasteiger partial charge in [-0.05, 0) is 20.8 Å². The Balaban J connectivity index is 1.84. The van der Waals surface area contributed by atoms with E-state index in [-0.39, 0.29) is 5.56 Å². The van der Waals surface area contributed by atoms with Gasteiger partial charge in [0.05, 0.1) is 17.0 Å². The summed E-state index contributed by atoms with van der Waals surface area (Å²) in [4.78, 5) is 21.5. The van der Waals surface area contributed by atoms with Crippen molar-refractivity contribution in [1.82, 2.24) is 20.0 Å². The Bertz CT molecular complexity index is 682. The number of nitrogens with one attached hydrogen (secondary N) is 1. The van der Waals surface area contributed by atoms with Gasteiger partial charge in [0.1, 0.15) is 11.6 Å². The van der Waals surface area contributed by atoms with Gasteiger partial charge < -0.3 is 9.51 Å². The minimum absolute atomic E-state index is 0.0176. The van der Waals surface area contributed by atoms with Crippen LogP contribution in [0.2, 0.25) is 0 Å². The molecule has 0 unspecified atom stereocenters. The summed E-state index contributed by atoms with van der Waals surface area (Å²) in [6.07, 6.45) is 0.809. The van der Waals surface area contributed by atoms with E-state index in [9.17, 15) is 4.79 Å². The third-order valence-corrected chi connectivity index (χ3v) is 3.83. The van der Waals surface area contributed by atoms with Crippen molar-refractivity contribution in [2.75, 3.05) is 6.54 Å². The molecule has 3 heterocycles. The van der Waals surface area contributed by atoms with Gasteiger partial charge in [-0.3, -0.25) is 9.69 Å². The lowest BCUT2D eigenvalue weighted by Crippen LogP contribution is -2.35. The highest BCUT2D eigenvalue weighted by atomic mass is 16.5. The van der Waals surface area contributed by atoms with Crippen LogP contribution in [-0.4, -0.2) is 26.6 Å². The first-order valence-corrected chi connectivity index (χ1v) is 6.77. The average molecular weight is 274 g/mol. The predicted molar refractivity (Wildman–Crippen MR) is 73.4 cm³/mol. The van der Waals surface area contributed by atoms with Crippen molar-refractivity contribution in [2.24, 2.45) is 0 Å². The molecular weight excluding hydrogens is 256 g/mol. The molecule has 2 aromatic rings. The van der Waals surface area contributed by atoms with Crippen molar-refractivity contribution >= 4 is 0 Å². The molecule has 1 aliphatic heterocycles. The normalized spacial score (nSPS) is 15.3. The maximum Gasteiger partial charge on any atom is 0.255 e. The number of aromatic amines is 1. The lowest BCUT2D eigenvalue weighted by Gasteiger charge is -2.27. The van der Waals surface area contributed by atoms with E-state index in [0.29, 0.717) is 12.4 Å². The van der Waals surface area contributed by atoms with Crippen molar-refractivity contribution in [3.63, 3.8) is 0 Å². The fourth-order valence-corrected chi connectivity index (χ4v) is 2.69. The zero-order valence-corrected chi connectivity index (χ0v) is 12.0. The Hall–Kier alpha value is -1.95. The van der Waals surface area contributed by atoms with Crippen LogP contribution >= 0.6 is 0 Å². The summed E-state index contributed by atoms with van der Waals surface area (Å²) in [5.41, 5.74) is 3.74. The third-order valence-electron chi connectivity index (χ3n) is 3.83.